The van der Waals surface area contributed by atoms with Gasteiger partial charge in [0.25, 0.3) is 5.91 Å². The minimum Gasteiger partial charge on any atom is -0.497 e. The molecule has 0 N–H and O–H groups in total. The summed E-state index contributed by atoms with van der Waals surface area (Å²) < 4.78 is 16.3. The fraction of sp³-hybridized carbons (Fsp3) is 0.400. The molecule has 3 heterocycles. The zero-order valence-electron chi connectivity index (χ0n) is 16.7. The van der Waals surface area contributed by atoms with Crippen LogP contribution in [-0.4, -0.2) is 59.4 Å². The molecule has 1 amide bonds. The van der Waals surface area contributed by atoms with Crippen LogP contribution < -0.4 is 9.64 Å². The molecule has 1 aliphatic rings. The lowest BCUT2D eigenvalue weighted by Gasteiger charge is -2.33. The van der Waals surface area contributed by atoms with Crippen LogP contribution in [0.2, 0.25) is 0 Å². The van der Waals surface area contributed by atoms with Crippen molar-refractivity contribution >= 4 is 11.9 Å². The van der Waals surface area contributed by atoms with Crippen LogP contribution in [0.1, 0.15) is 36.1 Å². The van der Waals surface area contributed by atoms with E-state index < -0.39 is 0 Å². The van der Waals surface area contributed by atoms with Crippen molar-refractivity contribution in [3.8, 4) is 17.1 Å². The van der Waals surface area contributed by atoms with Crippen molar-refractivity contribution in [2.45, 2.75) is 19.8 Å². The predicted octanol–water partition coefficient (Wildman–Crippen LogP) is 2.82. The molecule has 4 rings (SSSR count). The van der Waals surface area contributed by atoms with E-state index in [0.717, 1.165) is 5.56 Å². The van der Waals surface area contributed by atoms with Crippen LogP contribution in [0.5, 0.6) is 5.75 Å². The minimum atomic E-state index is -0.157. The number of nitrogens with zero attached hydrogens (tertiary/aromatic N) is 5. The molecule has 0 bridgehead atoms. The maximum atomic E-state index is 12.8. The summed E-state index contributed by atoms with van der Waals surface area (Å²) in [6.07, 6.45) is 0. The monoisotopic (exact) mass is 397 g/mol. The number of amides is 1. The number of piperazine rings is 1. The second-order valence-electron chi connectivity index (χ2n) is 7.17. The number of carbonyl (C=O) groups is 1. The highest BCUT2D eigenvalue weighted by molar-refractivity contribution is 5.93. The molecule has 0 saturated carbocycles. The summed E-state index contributed by atoms with van der Waals surface area (Å²) in [5.74, 6) is 1.88. The van der Waals surface area contributed by atoms with Gasteiger partial charge in [-0.2, -0.15) is 0 Å². The average molecular weight is 397 g/mol. The van der Waals surface area contributed by atoms with E-state index in [1.165, 1.54) is 0 Å². The third-order valence-corrected chi connectivity index (χ3v) is 4.84. The summed E-state index contributed by atoms with van der Waals surface area (Å²) >= 11 is 0. The Labute approximate surface area is 168 Å². The molecule has 9 nitrogen and oxygen atoms in total. The SMILES string of the molecule is COc1cccc(-c2cc(C(=O)N3CCN(c4nnc(C(C)C)o4)CC3)no2)c1. The predicted molar refractivity (Wildman–Crippen MR) is 105 cm³/mol. The zero-order valence-corrected chi connectivity index (χ0v) is 16.7. The molecule has 0 atom stereocenters. The fourth-order valence-corrected chi connectivity index (χ4v) is 3.14. The lowest BCUT2D eigenvalue weighted by Crippen LogP contribution is -2.49. The average Bonchev–Trinajstić information content (AvgIpc) is 3.44. The third-order valence-electron chi connectivity index (χ3n) is 4.84. The lowest BCUT2D eigenvalue weighted by atomic mass is 10.1. The molecule has 152 valence electrons. The quantitative estimate of drug-likeness (QED) is 0.648. The van der Waals surface area contributed by atoms with Gasteiger partial charge < -0.3 is 23.5 Å². The molecule has 1 aliphatic heterocycles. The zero-order chi connectivity index (χ0) is 20.4. The fourth-order valence-electron chi connectivity index (χ4n) is 3.14. The molecular formula is C20H23N5O4. The number of methoxy groups -OCH3 is 1. The summed E-state index contributed by atoms with van der Waals surface area (Å²) in [6, 6.07) is 9.59. The smallest absolute Gasteiger partial charge is 0.318 e. The first kappa shape index (κ1) is 19.0. The third kappa shape index (κ3) is 3.94. The van der Waals surface area contributed by atoms with E-state index in [1.54, 1.807) is 18.1 Å². The van der Waals surface area contributed by atoms with Gasteiger partial charge in [0, 0.05) is 43.7 Å². The number of ether oxygens (including phenoxy) is 1. The Bertz CT molecular complexity index is 988. The summed E-state index contributed by atoms with van der Waals surface area (Å²) in [6.45, 7) is 6.33. The number of rotatable bonds is 5. The van der Waals surface area contributed by atoms with Gasteiger partial charge >= 0.3 is 6.01 Å². The maximum absolute atomic E-state index is 12.8. The Hall–Kier alpha value is -3.36. The van der Waals surface area contributed by atoms with Crippen molar-refractivity contribution < 1.29 is 18.5 Å². The molecule has 0 unspecified atom stereocenters. The standard InChI is InChI=1S/C20H23N5O4/c1-13(2)18-21-22-20(28-18)25-9-7-24(8-10-25)19(26)16-12-17(29-23-16)14-5-4-6-15(11-14)27-3/h4-6,11-13H,7-10H2,1-3H3. The Balaban J connectivity index is 1.40. The van der Waals surface area contributed by atoms with Gasteiger partial charge in [0.1, 0.15) is 5.75 Å². The minimum absolute atomic E-state index is 0.157. The van der Waals surface area contributed by atoms with Gasteiger partial charge in [0.2, 0.25) is 5.89 Å². The van der Waals surface area contributed by atoms with Crippen molar-refractivity contribution in [1.82, 2.24) is 20.3 Å². The highest BCUT2D eigenvalue weighted by Crippen LogP contribution is 2.25. The largest absolute Gasteiger partial charge is 0.497 e. The number of aromatic nitrogens is 3. The highest BCUT2D eigenvalue weighted by Gasteiger charge is 2.27. The maximum Gasteiger partial charge on any atom is 0.318 e. The summed E-state index contributed by atoms with van der Waals surface area (Å²) in [5, 5.41) is 12.1. The molecule has 29 heavy (non-hydrogen) atoms. The van der Waals surface area contributed by atoms with E-state index in [-0.39, 0.29) is 17.5 Å². The molecule has 0 spiro atoms. The molecule has 1 fully saturated rings. The molecule has 3 aromatic rings. The van der Waals surface area contributed by atoms with Crippen molar-refractivity contribution in [1.29, 1.82) is 0 Å². The Morgan fingerprint density at radius 2 is 1.93 bits per heavy atom. The second kappa shape index (κ2) is 7.94. The van der Waals surface area contributed by atoms with E-state index >= 15 is 0 Å². The van der Waals surface area contributed by atoms with Crippen molar-refractivity contribution in [3.05, 3.63) is 41.9 Å². The second-order valence-corrected chi connectivity index (χ2v) is 7.17. The van der Waals surface area contributed by atoms with Gasteiger partial charge in [0.05, 0.1) is 7.11 Å². The van der Waals surface area contributed by atoms with Gasteiger partial charge in [-0.1, -0.05) is 36.2 Å². The molecule has 9 heteroatoms. The number of hydrogen-bond donors (Lipinski definition) is 0. The van der Waals surface area contributed by atoms with Gasteiger partial charge in [-0.05, 0) is 12.1 Å². The summed E-state index contributed by atoms with van der Waals surface area (Å²) in [4.78, 5) is 16.6. The van der Waals surface area contributed by atoms with Crippen LogP contribution in [0, 0.1) is 0 Å². The molecular weight excluding hydrogens is 374 g/mol. The molecule has 1 saturated heterocycles. The lowest BCUT2D eigenvalue weighted by molar-refractivity contribution is 0.0734. The number of anilines is 1. The van der Waals surface area contributed by atoms with Crippen molar-refractivity contribution in [2.75, 3.05) is 38.2 Å². The summed E-state index contributed by atoms with van der Waals surface area (Å²) in [7, 11) is 1.60. The number of benzene rings is 1. The molecule has 2 aromatic heterocycles. The molecule has 1 aromatic carbocycles. The van der Waals surface area contributed by atoms with Crippen LogP contribution in [0.3, 0.4) is 0 Å². The van der Waals surface area contributed by atoms with E-state index in [2.05, 4.69) is 15.4 Å². The van der Waals surface area contributed by atoms with Crippen LogP contribution in [0.25, 0.3) is 11.3 Å². The van der Waals surface area contributed by atoms with Gasteiger partial charge in [-0.25, -0.2) is 0 Å². The highest BCUT2D eigenvalue weighted by atomic mass is 16.5. The molecule has 0 aliphatic carbocycles. The van der Waals surface area contributed by atoms with Crippen molar-refractivity contribution in [2.24, 2.45) is 0 Å². The first-order chi connectivity index (χ1) is 14.0. The number of hydrogen-bond acceptors (Lipinski definition) is 8. The summed E-state index contributed by atoms with van der Waals surface area (Å²) in [5.41, 5.74) is 1.09. The topological polar surface area (TPSA) is 97.7 Å². The normalized spacial score (nSPS) is 14.5. The van der Waals surface area contributed by atoms with Crippen LogP contribution in [0.4, 0.5) is 6.01 Å². The van der Waals surface area contributed by atoms with Crippen LogP contribution in [-0.2, 0) is 0 Å². The van der Waals surface area contributed by atoms with E-state index in [4.69, 9.17) is 13.7 Å². The van der Waals surface area contributed by atoms with Crippen LogP contribution >= 0.6 is 0 Å². The van der Waals surface area contributed by atoms with Gasteiger partial charge in [0.15, 0.2) is 11.5 Å². The molecule has 0 radical (unpaired) electrons. The van der Waals surface area contributed by atoms with Gasteiger partial charge in [-0.3, -0.25) is 4.79 Å². The van der Waals surface area contributed by atoms with Gasteiger partial charge in [-0.15, -0.1) is 5.10 Å². The van der Waals surface area contributed by atoms with Crippen molar-refractivity contribution in [3.63, 3.8) is 0 Å². The Kier molecular flexibility index (Phi) is 5.20. The van der Waals surface area contributed by atoms with Crippen LogP contribution in [0.15, 0.2) is 39.3 Å². The Morgan fingerprint density at radius 3 is 2.62 bits per heavy atom. The number of carbonyl (C=O) groups excluding carboxylic acids is 1. The first-order valence-electron chi connectivity index (χ1n) is 9.54. The van der Waals surface area contributed by atoms with E-state index in [9.17, 15) is 4.79 Å². The van der Waals surface area contributed by atoms with E-state index in [1.807, 2.05) is 43.0 Å². The first-order valence-corrected chi connectivity index (χ1v) is 9.54. The Morgan fingerprint density at radius 1 is 1.14 bits per heavy atom. The van der Waals surface area contributed by atoms with E-state index in [0.29, 0.717) is 49.6 Å².